The molecule has 1 amide bonds. The first-order valence-electron chi connectivity index (χ1n) is 7.85. The predicted octanol–water partition coefficient (Wildman–Crippen LogP) is 4.54. The molecule has 1 fully saturated rings. The Balaban J connectivity index is 1.95. The average molecular weight is 343 g/mol. The summed E-state index contributed by atoms with van der Waals surface area (Å²) in [6, 6.07) is 4.70. The van der Waals surface area contributed by atoms with Crippen LogP contribution in [-0.2, 0) is 4.74 Å². The maximum atomic E-state index is 13.9. The van der Waals surface area contributed by atoms with Gasteiger partial charge in [-0.2, -0.15) is 0 Å². The third-order valence-electron chi connectivity index (χ3n) is 3.83. The molecule has 1 aliphatic heterocycles. The summed E-state index contributed by atoms with van der Waals surface area (Å²) in [5.41, 5.74) is -0.0565. The molecule has 1 heterocycles. The van der Waals surface area contributed by atoms with Crippen molar-refractivity contribution in [1.29, 1.82) is 0 Å². The lowest BCUT2D eigenvalue weighted by molar-refractivity contribution is 0.0165. The van der Waals surface area contributed by atoms with E-state index in [1.807, 2.05) is 27.7 Å². The Hall–Kier alpha value is -1.49. The topological polar surface area (TPSA) is 41.6 Å². The lowest BCUT2D eigenvalue weighted by Crippen LogP contribution is -2.49. The highest BCUT2D eigenvalue weighted by Crippen LogP contribution is 2.25. The van der Waals surface area contributed by atoms with E-state index in [9.17, 15) is 9.18 Å². The van der Waals surface area contributed by atoms with Gasteiger partial charge in [0, 0.05) is 24.2 Å². The summed E-state index contributed by atoms with van der Waals surface area (Å²) in [6.45, 7) is 8.78. The minimum atomic E-state index is -0.498. The van der Waals surface area contributed by atoms with E-state index in [1.165, 1.54) is 6.07 Å². The van der Waals surface area contributed by atoms with Gasteiger partial charge in [0.2, 0.25) is 0 Å². The second kappa shape index (κ2) is 6.95. The molecule has 1 N–H and O–H groups in total. The Kier molecular flexibility index (Phi) is 5.40. The van der Waals surface area contributed by atoms with Gasteiger partial charge < -0.3 is 15.0 Å². The maximum absolute atomic E-state index is 13.9. The molecule has 6 heteroatoms. The van der Waals surface area contributed by atoms with Crippen LogP contribution in [0, 0.1) is 11.7 Å². The Morgan fingerprint density at radius 2 is 2.13 bits per heavy atom. The van der Waals surface area contributed by atoms with Gasteiger partial charge in [0.05, 0.1) is 5.69 Å². The van der Waals surface area contributed by atoms with Gasteiger partial charge in [-0.3, -0.25) is 0 Å². The van der Waals surface area contributed by atoms with Gasteiger partial charge in [0.25, 0.3) is 0 Å². The number of benzene rings is 1. The van der Waals surface area contributed by atoms with Crippen molar-refractivity contribution < 1.29 is 13.9 Å². The second-order valence-electron chi connectivity index (χ2n) is 7.07. The van der Waals surface area contributed by atoms with Crippen LogP contribution in [0.4, 0.5) is 14.9 Å². The van der Waals surface area contributed by atoms with Gasteiger partial charge in [-0.1, -0.05) is 18.5 Å². The number of amides is 1. The first kappa shape index (κ1) is 17.9. The Morgan fingerprint density at radius 3 is 2.70 bits per heavy atom. The van der Waals surface area contributed by atoms with Gasteiger partial charge in [0.15, 0.2) is 0 Å². The summed E-state index contributed by atoms with van der Waals surface area (Å²) in [5, 5.41) is 3.60. The van der Waals surface area contributed by atoms with Crippen molar-refractivity contribution in [2.24, 2.45) is 5.92 Å². The number of anilines is 1. The normalized spacial score (nSPS) is 21.9. The van der Waals surface area contributed by atoms with Gasteiger partial charge >= 0.3 is 6.09 Å². The zero-order chi connectivity index (χ0) is 17.2. The van der Waals surface area contributed by atoms with Crippen molar-refractivity contribution >= 4 is 23.4 Å². The van der Waals surface area contributed by atoms with Gasteiger partial charge in [-0.15, -0.1) is 0 Å². The summed E-state index contributed by atoms with van der Waals surface area (Å²) in [4.78, 5) is 13.8. The van der Waals surface area contributed by atoms with E-state index in [-0.39, 0.29) is 23.9 Å². The molecule has 0 radical (unpaired) electrons. The number of rotatable bonds is 2. The third-order valence-corrected chi connectivity index (χ3v) is 4.06. The van der Waals surface area contributed by atoms with Gasteiger partial charge in [0.1, 0.15) is 11.4 Å². The van der Waals surface area contributed by atoms with Crippen LogP contribution in [0.25, 0.3) is 0 Å². The number of ether oxygens (including phenoxy) is 1. The van der Waals surface area contributed by atoms with E-state index < -0.39 is 5.60 Å². The lowest BCUT2D eigenvalue weighted by atomic mass is 9.94. The molecular weight excluding hydrogens is 319 g/mol. The van der Waals surface area contributed by atoms with Crippen LogP contribution in [0.1, 0.15) is 34.1 Å². The van der Waals surface area contributed by atoms with Crippen molar-refractivity contribution in [2.45, 2.75) is 45.8 Å². The largest absolute Gasteiger partial charge is 0.444 e. The fourth-order valence-corrected chi connectivity index (χ4v) is 2.82. The minimum Gasteiger partial charge on any atom is -0.444 e. The zero-order valence-corrected chi connectivity index (χ0v) is 14.8. The molecule has 1 aromatic rings. The Morgan fingerprint density at radius 1 is 1.43 bits per heavy atom. The number of nitrogens with zero attached hydrogens (tertiary/aromatic N) is 1. The molecule has 0 aliphatic carbocycles. The standard InChI is InChI=1S/C17H24ClFN2O2/c1-11-10-21(16(22)23-17(2,3)4)8-7-14(11)20-15-6-5-12(18)9-13(15)19/h5-6,9,11,14,20H,7-8,10H2,1-4H3/t11-,14-/m0/s1. The molecule has 2 rings (SSSR count). The fourth-order valence-electron chi connectivity index (χ4n) is 2.66. The number of likely N-dealkylation sites (tertiary alicyclic amines) is 1. The van der Waals surface area contributed by atoms with Crippen molar-refractivity contribution in [3.63, 3.8) is 0 Å². The van der Waals surface area contributed by atoms with Crippen LogP contribution in [0.3, 0.4) is 0 Å². The quantitative estimate of drug-likeness (QED) is 0.858. The first-order valence-corrected chi connectivity index (χ1v) is 8.23. The van der Waals surface area contributed by atoms with E-state index in [1.54, 1.807) is 17.0 Å². The summed E-state index contributed by atoms with van der Waals surface area (Å²) in [5.74, 6) is -0.175. The number of halogens is 2. The molecule has 1 aliphatic rings. The number of nitrogens with one attached hydrogen (secondary N) is 1. The maximum Gasteiger partial charge on any atom is 0.410 e. The van der Waals surface area contributed by atoms with E-state index in [4.69, 9.17) is 16.3 Å². The van der Waals surface area contributed by atoms with E-state index in [2.05, 4.69) is 5.32 Å². The minimum absolute atomic E-state index is 0.101. The van der Waals surface area contributed by atoms with Crippen LogP contribution in [-0.4, -0.2) is 35.7 Å². The molecule has 128 valence electrons. The van der Waals surface area contributed by atoms with Crippen LogP contribution >= 0.6 is 11.6 Å². The molecule has 0 spiro atoms. The molecule has 2 atom stereocenters. The monoisotopic (exact) mass is 342 g/mol. The Labute approximate surface area is 141 Å². The van der Waals surface area contributed by atoms with Crippen molar-refractivity contribution in [3.05, 3.63) is 29.0 Å². The number of hydrogen-bond acceptors (Lipinski definition) is 3. The van der Waals surface area contributed by atoms with E-state index in [0.717, 1.165) is 6.42 Å². The fraction of sp³-hybridized carbons (Fsp3) is 0.588. The highest BCUT2D eigenvalue weighted by atomic mass is 35.5. The van der Waals surface area contributed by atoms with Crippen LogP contribution in [0.15, 0.2) is 18.2 Å². The van der Waals surface area contributed by atoms with Crippen LogP contribution < -0.4 is 5.32 Å². The summed E-state index contributed by atoms with van der Waals surface area (Å²) in [6.07, 6.45) is 0.447. The molecule has 1 saturated heterocycles. The van der Waals surface area contributed by atoms with Gasteiger partial charge in [-0.25, -0.2) is 9.18 Å². The predicted molar refractivity (Wildman–Crippen MR) is 90.4 cm³/mol. The smallest absolute Gasteiger partial charge is 0.410 e. The van der Waals surface area contributed by atoms with E-state index >= 15 is 0 Å². The third kappa shape index (κ3) is 4.99. The van der Waals surface area contributed by atoms with Crippen LogP contribution in [0.5, 0.6) is 0 Å². The number of carbonyl (C=O) groups is 1. The molecule has 0 unspecified atom stereocenters. The van der Waals surface area contributed by atoms with Crippen molar-refractivity contribution in [3.8, 4) is 0 Å². The average Bonchev–Trinajstić information content (AvgIpc) is 2.41. The molecule has 1 aromatic carbocycles. The molecular formula is C17H24ClFN2O2. The molecule has 4 nitrogen and oxygen atoms in total. The summed E-state index contributed by atoms with van der Waals surface area (Å²) in [7, 11) is 0. The molecule has 0 bridgehead atoms. The Bertz CT molecular complexity index is 574. The van der Waals surface area contributed by atoms with Crippen LogP contribution in [0.2, 0.25) is 5.02 Å². The highest BCUT2D eigenvalue weighted by molar-refractivity contribution is 6.30. The molecule has 0 aromatic heterocycles. The molecule has 0 saturated carbocycles. The second-order valence-corrected chi connectivity index (χ2v) is 7.50. The number of hydrogen-bond donors (Lipinski definition) is 1. The SMILES string of the molecule is C[C@H]1CN(C(=O)OC(C)(C)C)CC[C@@H]1Nc1ccc(Cl)cc1F. The first-order chi connectivity index (χ1) is 10.7. The summed E-state index contributed by atoms with van der Waals surface area (Å²) < 4.78 is 19.3. The number of carbonyl (C=O) groups excluding carboxylic acids is 1. The van der Waals surface area contributed by atoms with E-state index in [0.29, 0.717) is 23.8 Å². The summed E-state index contributed by atoms with van der Waals surface area (Å²) >= 11 is 5.77. The van der Waals surface area contributed by atoms with Crippen molar-refractivity contribution in [2.75, 3.05) is 18.4 Å². The molecule has 23 heavy (non-hydrogen) atoms. The zero-order valence-electron chi connectivity index (χ0n) is 14.0. The van der Waals surface area contributed by atoms with Crippen molar-refractivity contribution in [1.82, 2.24) is 4.90 Å². The highest BCUT2D eigenvalue weighted by Gasteiger charge is 2.31. The van der Waals surface area contributed by atoms with Gasteiger partial charge in [-0.05, 0) is 51.3 Å². The number of piperidine rings is 1. The lowest BCUT2D eigenvalue weighted by Gasteiger charge is -2.38.